The van der Waals surface area contributed by atoms with Crippen molar-refractivity contribution in [1.29, 1.82) is 0 Å². The predicted octanol–water partition coefficient (Wildman–Crippen LogP) is 10.5. The fourth-order valence-electron chi connectivity index (χ4n) is 5.72. The van der Waals surface area contributed by atoms with E-state index in [1.54, 1.807) is 0 Å². The van der Waals surface area contributed by atoms with Crippen molar-refractivity contribution in [3.8, 4) is 0 Å². The summed E-state index contributed by atoms with van der Waals surface area (Å²) in [5, 5.41) is 30.0. The molecular formula is C37H26O3. The first-order valence-corrected chi connectivity index (χ1v) is 13.1. The molecule has 0 aliphatic heterocycles. The summed E-state index contributed by atoms with van der Waals surface area (Å²) in [6.45, 7) is 0. The van der Waals surface area contributed by atoms with E-state index in [1.165, 1.54) is 64.6 Å². The average Bonchev–Trinajstić information content (AvgIpc) is 3.01. The van der Waals surface area contributed by atoms with E-state index in [-0.39, 0.29) is 0 Å². The molecule has 8 rings (SSSR count). The zero-order valence-electron chi connectivity index (χ0n) is 21.7. The summed E-state index contributed by atoms with van der Waals surface area (Å²) in [7, 11) is 0. The predicted molar refractivity (Wildman–Crippen MR) is 169 cm³/mol. The van der Waals surface area contributed by atoms with Gasteiger partial charge in [0.25, 0.3) is 0 Å². The highest BCUT2D eigenvalue weighted by Crippen LogP contribution is 2.35. The molecule has 0 fully saturated rings. The molecule has 8 aromatic rings. The lowest BCUT2D eigenvalue weighted by molar-refractivity contribution is 0.137. The van der Waals surface area contributed by atoms with Crippen LogP contribution in [0.15, 0.2) is 146 Å². The van der Waals surface area contributed by atoms with Gasteiger partial charge in [-0.15, -0.1) is 0 Å². The first kappa shape index (κ1) is 24.9. The van der Waals surface area contributed by atoms with Crippen molar-refractivity contribution >= 4 is 70.8 Å². The van der Waals surface area contributed by atoms with Gasteiger partial charge in [0.1, 0.15) is 0 Å². The maximum absolute atomic E-state index is 8.56. The van der Waals surface area contributed by atoms with E-state index in [4.69, 9.17) is 15.0 Å². The molecule has 0 radical (unpaired) electrons. The highest BCUT2D eigenvalue weighted by atomic mass is 16.6. The van der Waals surface area contributed by atoms with Crippen LogP contribution in [0.3, 0.4) is 0 Å². The lowest BCUT2D eigenvalue weighted by Crippen LogP contribution is -1.81. The van der Waals surface area contributed by atoms with E-state index in [2.05, 4.69) is 146 Å². The lowest BCUT2D eigenvalue weighted by atomic mass is 9.95. The van der Waals surface area contributed by atoms with E-state index >= 15 is 0 Å². The summed E-state index contributed by atoms with van der Waals surface area (Å²) < 4.78 is 0. The molecule has 0 heterocycles. The number of benzene rings is 8. The largest absolute Gasteiger partial charge is 0.503 e. The van der Waals surface area contributed by atoms with Crippen molar-refractivity contribution in [2.45, 2.75) is 0 Å². The van der Waals surface area contributed by atoms with Gasteiger partial charge in [-0.25, -0.2) is 4.79 Å². The Morgan fingerprint density at radius 1 is 0.275 bits per heavy atom. The summed E-state index contributed by atoms with van der Waals surface area (Å²) in [5.41, 5.74) is 0. The zero-order chi connectivity index (χ0) is 27.5. The van der Waals surface area contributed by atoms with Gasteiger partial charge < -0.3 is 10.2 Å². The topological polar surface area (TPSA) is 57.5 Å². The summed E-state index contributed by atoms with van der Waals surface area (Å²) >= 11 is 0. The second-order valence-corrected chi connectivity index (χ2v) is 9.56. The molecule has 3 nitrogen and oxygen atoms in total. The smallest absolute Gasteiger partial charge is 0.450 e. The van der Waals surface area contributed by atoms with Gasteiger partial charge in [-0.1, -0.05) is 146 Å². The third kappa shape index (κ3) is 4.55. The minimum absolute atomic E-state index is 1.34. The van der Waals surface area contributed by atoms with Gasteiger partial charge >= 0.3 is 6.16 Å². The van der Waals surface area contributed by atoms with Crippen LogP contribution in [0.2, 0.25) is 0 Å². The second-order valence-electron chi connectivity index (χ2n) is 9.56. The minimum atomic E-state index is -1.83. The Morgan fingerprint density at radius 2 is 0.350 bits per heavy atom. The normalized spacial score (nSPS) is 10.8. The zero-order valence-corrected chi connectivity index (χ0v) is 21.7. The number of hydrogen-bond donors (Lipinski definition) is 2. The third-order valence-corrected chi connectivity index (χ3v) is 7.30. The maximum atomic E-state index is 8.56. The van der Waals surface area contributed by atoms with Crippen LogP contribution < -0.4 is 0 Å². The first-order chi connectivity index (χ1) is 19.6. The van der Waals surface area contributed by atoms with Crippen LogP contribution in [0.1, 0.15) is 0 Å². The molecule has 2 N–H and O–H groups in total. The molecule has 0 saturated carbocycles. The highest BCUT2D eigenvalue weighted by molar-refractivity contribution is 6.26. The molecule has 0 bridgehead atoms. The van der Waals surface area contributed by atoms with Gasteiger partial charge in [-0.2, -0.15) is 0 Å². The molecular weight excluding hydrogens is 492 g/mol. The summed E-state index contributed by atoms with van der Waals surface area (Å²) in [6.07, 6.45) is -1.83. The molecule has 192 valence electrons. The summed E-state index contributed by atoms with van der Waals surface area (Å²) in [6, 6.07) is 51.9. The lowest BCUT2D eigenvalue weighted by Gasteiger charge is -2.09. The average molecular weight is 519 g/mol. The van der Waals surface area contributed by atoms with Crippen molar-refractivity contribution in [3.63, 3.8) is 0 Å². The highest BCUT2D eigenvalue weighted by Gasteiger charge is 2.07. The van der Waals surface area contributed by atoms with Crippen LogP contribution in [-0.2, 0) is 0 Å². The second kappa shape index (κ2) is 10.8. The Morgan fingerprint density at radius 3 is 0.425 bits per heavy atom. The Hall–Kier alpha value is -5.41. The van der Waals surface area contributed by atoms with E-state index in [1.807, 2.05) is 0 Å². The van der Waals surface area contributed by atoms with E-state index < -0.39 is 6.16 Å². The minimum Gasteiger partial charge on any atom is -0.450 e. The number of hydrogen-bond acceptors (Lipinski definition) is 1. The van der Waals surface area contributed by atoms with Crippen LogP contribution in [0.4, 0.5) is 4.79 Å². The Bertz CT molecular complexity index is 1570. The number of carboxylic acid groups (broad SMARTS) is 2. The molecule has 0 aliphatic carbocycles. The monoisotopic (exact) mass is 518 g/mol. The molecule has 0 aliphatic rings. The van der Waals surface area contributed by atoms with Crippen LogP contribution in [0, 0.1) is 0 Å². The van der Waals surface area contributed by atoms with Gasteiger partial charge in [0, 0.05) is 0 Å². The van der Waals surface area contributed by atoms with Crippen molar-refractivity contribution in [2.24, 2.45) is 0 Å². The van der Waals surface area contributed by atoms with Crippen molar-refractivity contribution in [1.82, 2.24) is 0 Å². The van der Waals surface area contributed by atoms with E-state index in [0.717, 1.165) is 0 Å². The fraction of sp³-hybridized carbons (Fsp3) is 0. The molecule has 8 aromatic carbocycles. The Labute approximate surface area is 231 Å². The van der Waals surface area contributed by atoms with Crippen molar-refractivity contribution < 1.29 is 15.0 Å². The first-order valence-electron chi connectivity index (χ1n) is 13.1. The molecule has 3 heteroatoms. The SMILES string of the molecule is O=C(O)O.c1ccc2c(c1)c1ccccc1c1ccccc21.c1ccc2c(c1)c1ccccc1c1ccccc21. The van der Waals surface area contributed by atoms with Crippen molar-refractivity contribution in [3.05, 3.63) is 146 Å². The molecule has 0 aromatic heterocycles. The number of fused-ring (bicyclic) bond motifs is 12. The fourth-order valence-corrected chi connectivity index (χ4v) is 5.72. The van der Waals surface area contributed by atoms with Gasteiger partial charge in [0.15, 0.2) is 0 Å². The van der Waals surface area contributed by atoms with Crippen LogP contribution in [-0.4, -0.2) is 16.4 Å². The Balaban J connectivity index is 0.000000128. The van der Waals surface area contributed by atoms with E-state index in [9.17, 15) is 0 Å². The standard InChI is InChI=1S/2C18H12.CH2O3/c2*1-2-8-14-13(7-1)15-9-3-4-11-17(15)18-12-6-5-10-16(14)18;2-1(3)4/h2*1-12H;(H2,2,3,4). The summed E-state index contributed by atoms with van der Waals surface area (Å²) in [4.78, 5) is 8.56. The van der Waals surface area contributed by atoms with Gasteiger partial charge in [0.05, 0.1) is 0 Å². The Kier molecular flexibility index (Phi) is 6.70. The maximum Gasteiger partial charge on any atom is 0.503 e. The quantitative estimate of drug-likeness (QED) is 0.196. The van der Waals surface area contributed by atoms with E-state index in [0.29, 0.717) is 0 Å². The molecule has 0 atom stereocenters. The van der Waals surface area contributed by atoms with Crippen molar-refractivity contribution in [2.75, 3.05) is 0 Å². The van der Waals surface area contributed by atoms with Gasteiger partial charge in [0.2, 0.25) is 0 Å². The van der Waals surface area contributed by atoms with Crippen LogP contribution >= 0.6 is 0 Å². The van der Waals surface area contributed by atoms with Crippen LogP contribution in [0.25, 0.3) is 64.6 Å². The van der Waals surface area contributed by atoms with Gasteiger partial charge in [-0.3, -0.25) is 0 Å². The molecule has 0 amide bonds. The molecule has 0 spiro atoms. The number of rotatable bonds is 0. The molecule has 40 heavy (non-hydrogen) atoms. The third-order valence-electron chi connectivity index (χ3n) is 7.30. The number of carbonyl (C=O) groups is 1. The molecule has 0 saturated heterocycles. The van der Waals surface area contributed by atoms with Crippen LogP contribution in [0.5, 0.6) is 0 Å². The van der Waals surface area contributed by atoms with Gasteiger partial charge in [-0.05, 0) is 64.6 Å². The summed E-state index contributed by atoms with van der Waals surface area (Å²) in [5.74, 6) is 0. The molecule has 0 unspecified atom stereocenters.